The Balaban J connectivity index is 2.23. The number of halogens is 1. The molecule has 1 aromatic carbocycles. The van der Waals surface area contributed by atoms with Crippen LogP contribution in [-0.2, 0) is 0 Å². The summed E-state index contributed by atoms with van der Waals surface area (Å²) in [5.74, 6) is 0.370. The topological polar surface area (TPSA) is 51.2 Å². The van der Waals surface area contributed by atoms with Gasteiger partial charge in [-0.15, -0.1) is 11.3 Å². The molecule has 0 fully saturated rings. The lowest BCUT2D eigenvalue weighted by molar-refractivity contribution is 0.102. The molecule has 1 amide bonds. The molecule has 0 aliphatic rings. The van der Waals surface area contributed by atoms with Crippen LogP contribution in [0.4, 0.5) is 5.69 Å². The van der Waals surface area contributed by atoms with Crippen molar-refractivity contribution in [3.05, 3.63) is 38.8 Å². The molecule has 2 rings (SSSR count). The Morgan fingerprint density at radius 2 is 2.28 bits per heavy atom. The highest BCUT2D eigenvalue weighted by Gasteiger charge is 2.12. The number of hydrogen-bond donors (Lipinski definition) is 1. The molecule has 1 heterocycles. The third-order valence-electron chi connectivity index (χ3n) is 2.26. The van der Waals surface area contributed by atoms with Crippen molar-refractivity contribution in [2.45, 2.75) is 6.92 Å². The van der Waals surface area contributed by atoms with Gasteiger partial charge < -0.3 is 10.1 Å². The molecule has 0 unspecified atom stereocenters. The third kappa shape index (κ3) is 2.88. The van der Waals surface area contributed by atoms with Gasteiger partial charge in [0.2, 0.25) is 0 Å². The molecule has 0 spiro atoms. The number of nitrogens with zero attached hydrogens (tertiary/aromatic N) is 1. The molecule has 1 aromatic heterocycles. The second-order valence-corrected chi connectivity index (χ2v) is 5.53. The quantitative estimate of drug-likeness (QED) is 0.939. The van der Waals surface area contributed by atoms with Crippen LogP contribution in [0.25, 0.3) is 0 Å². The number of carbonyl (C=O) groups is 1. The van der Waals surface area contributed by atoms with E-state index in [1.54, 1.807) is 24.6 Å². The Hall–Kier alpha value is -1.40. The van der Waals surface area contributed by atoms with E-state index in [-0.39, 0.29) is 5.91 Å². The van der Waals surface area contributed by atoms with Crippen molar-refractivity contribution in [1.29, 1.82) is 0 Å². The Kier molecular flexibility index (Phi) is 3.98. The Morgan fingerprint density at radius 1 is 1.50 bits per heavy atom. The molecule has 0 saturated heterocycles. The Bertz CT molecular complexity index is 583. The fraction of sp³-hybridized carbons (Fsp3) is 0.167. The van der Waals surface area contributed by atoms with E-state index in [9.17, 15) is 4.79 Å². The molecule has 18 heavy (non-hydrogen) atoms. The van der Waals surface area contributed by atoms with Crippen LogP contribution in [0.2, 0.25) is 0 Å². The number of aryl methyl sites for hydroxylation is 1. The largest absolute Gasteiger partial charge is 0.495 e. The number of benzene rings is 1. The summed E-state index contributed by atoms with van der Waals surface area (Å²) in [7, 11) is 1.56. The zero-order valence-electron chi connectivity index (χ0n) is 9.86. The minimum absolute atomic E-state index is 0.240. The maximum atomic E-state index is 12.0. The Labute approximate surface area is 117 Å². The van der Waals surface area contributed by atoms with Gasteiger partial charge >= 0.3 is 0 Å². The van der Waals surface area contributed by atoms with E-state index in [1.807, 2.05) is 13.0 Å². The lowest BCUT2D eigenvalue weighted by Crippen LogP contribution is -2.13. The van der Waals surface area contributed by atoms with Gasteiger partial charge in [0, 0.05) is 9.85 Å². The fourth-order valence-corrected chi connectivity index (χ4v) is 2.39. The molecular weight excluding hydrogens is 316 g/mol. The second kappa shape index (κ2) is 5.49. The maximum Gasteiger partial charge on any atom is 0.275 e. The van der Waals surface area contributed by atoms with Crippen LogP contribution in [0, 0.1) is 6.92 Å². The highest BCUT2D eigenvalue weighted by atomic mass is 79.9. The van der Waals surface area contributed by atoms with Gasteiger partial charge in [-0.2, -0.15) is 0 Å². The summed E-state index contributed by atoms with van der Waals surface area (Å²) in [4.78, 5) is 16.1. The smallest absolute Gasteiger partial charge is 0.275 e. The molecular formula is C12H11BrN2O2S. The first-order valence-corrected chi connectivity index (χ1v) is 6.84. The van der Waals surface area contributed by atoms with Gasteiger partial charge in [-0.3, -0.25) is 4.79 Å². The Morgan fingerprint density at radius 3 is 2.89 bits per heavy atom. The molecule has 0 aliphatic heterocycles. The maximum absolute atomic E-state index is 12.0. The lowest BCUT2D eigenvalue weighted by atomic mass is 10.3. The number of hydrogen-bond acceptors (Lipinski definition) is 4. The number of amides is 1. The zero-order chi connectivity index (χ0) is 13.1. The number of aromatic nitrogens is 1. The van der Waals surface area contributed by atoms with Gasteiger partial charge in [0.1, 0.15) is 11.4 Å². The number of thiazole rings is 1. The van der Waals surface area contributed by atoms with Crippen LogP contribution < -0.4 is 10.1 Å². The van der Waals surface area contributed by atoms with Crippen molar-refractivity contribution in [2.24, 2.45) is 0 Å². The van der Waals surface area contributed by atoms with Gasteiger partial charge in [0.15, 0.2) is 0 Å². The summed E-state index contributed by atoms with van der Waals surface area (Å²) in [5.41, 5.74) is 1.03. The summed E-state index contributed by atoms with van der Waals surface area (Å²) in [6.07, 6.45) is 0. The normalized spacial score (nSPS) is 10.2. The first-order chi connectivity index (χ1) is 8.60. The van der Waals surface area contributed by atoms with Crippen molar-refractivity contribution in [1.82, 2.24) is 4.98 Å². The van der Waals surface area contributed by atoms with Gasteiger partial charge in [0.25, 0.3) is 5.91 Å². The highest BCUT2D eigenvalue weighted by molar-refractivity contribution is 9.10. The molecule has 1 N–H and O–H groups in total. The molecule has 0 bridgehead atoms. The minimum Gasteiger partial charge on any atom is -0.495 e. The predicted octanol–water partition coefficient (Wildman–Crippen LogP) is 3.47. The number of carbonyl (C=O) groups excluding carboxylic acids is 1. The standard InChI is InChI=1S/C12H11BrN2O2S/c1-7-14-10(6-18-7)12(16)15-9-5-8(13)3-4-11(9)17-2/h3-6H,1-2H3,(H,15,16). The number of rotatable bonds is 3. The summed E-state index contributed by atoms with van der Waals surface area (Å²) >= 11 is 4.80. The first-order valence-electron chi connectivity index (χ1n) is 5.17. The number of methoxy groups -OCH3 is 1. The molecule has 6 heteroatoms. The second-order valence-electron chi connectivity index (χ2n) is 3.55. The molecule has 2 aromatic rings. The average Bonchev–Trinajstić information content (AvgIpc) is 2.76. The number of ether oxygens (including phenoxy) is 1. The zero-order valence-corrected chi connectivity index (χ0v) is 12.3. The van der Waals surface area contributed by atoms with E-state index in [4.69, 9.17) is 4.74 Å². The van der Waals surface area contributed by atoms with Crippen LogP contribution in [0.1, 0.15) is 15.5 Å². The van der Waals surface area contributed by atoms with Crippen molar-refractivity contribution in [2.75, 3.05) is 12.4 Å². The van der Waals surface area contributed by atoms with Crippen LogP contribution in [-0.4, -0.2) is 18.0 Å². The predicted molar refractivity (Wildman–Crippen MR) is 75.5 cm³/mol. The van der Waals surface area contributed by atoms with E-state index < -0.39 is 0 Å². The summed E-state index contributed by atoms with van der Waals surface area (Å²) < 4.78 is 6.06. The van der Waals surface area contributed by atoms with Crippen LogP contribution in [0.3, 0.4) is 0 Å². The van der Waals surface area contributed by atoms with Gasteiger partial charge in [-0.25, -0.2) is 4.98 Å². The van der Waals surface area contributed by atoms with E-state index in [0.29, 0.717) is 17.1 Å². The van der Waals surface area contributed by atoms with Crippen molar-refractivity contribution in [3.8, 4) is 5.75 Å². The monoisotopic (exact) mass is 326 g/mol. The van der Waals surface area contributed by atoms with Gasteiger partial charge in [-0.1, -0.05) is 15.9 Å². The average molecular weight is 327 g/mol. The summed E-state index contributed by atoms with van der Waals surface area (Å²) in [6.45, 7) is 1.86. The van der Waals surface area contributed by atoms with Crippen molar-refractivity contribution >= 4 is 38.9 Å². The van der Waals surface area contributed by atoms with Crippen molar-refractivity contribution < 1.29 is 9.53 Å². The van der Waals surface area contributed by atoms with Crippen LogP contribution in [0.5, 0.6) is 5.75 Å². The van der Waals surface area contributed by atoms with E-state index in [0.717, 1.165) is 9.48 Å². The SMILES string of the molecule is COc1ccc(Br)cc1NC(=O)c1csc(C)n1. The van der Waals surface area contributed by atoms with Crippen LogP contribution in [0.15, 0.2) is 28.1 Å². The number of nitrogens with one attached hydrogen (secondary N) is 1. The fourth-order valence-electron chi connectivity index (χ4n) is 1.43. The lowest BCUT2D eigenvalue weighted by Gasteiger charge is -2.09. The minimum atomic E-state index is -0.240. The number of anilines is 1. The molecule has 0 aliphatic carbocycles. The molecule has 0 saturated carbocycles. The van der Waals surface area contributed by atoms with Gasteiger partial charge in [-0.05, 0) is 25.1 Å². The van der Waals surface area contributed by atoms with Crippen LogP contribution >= 0.6 is 27.3 Å². The molecule has 0 atom stereocenters. The summed E-state index contributed by atoms with van der Waals surface area (Å²) in [6, 6.07) is 5.42. The molecule has 4 nitrogen and oxygen atoms in total. The van der Waals surface area contributed by atoms with E-state index >= 15 is 0 Å². The third-order valence-corrected chi connectivity index (χ3v) is 3.53. The first kappa shape index (κ1) is 13.0. The van der Waals surface area contributed by atoms with Gasteiger partial charge in [0.05, 0.1) is 17.8 Å². The van der Waals surface area contributed by atoms with Crippen molar-refractivity contribution in [3.63, 3.8) is 0 Å². The van der Waals surface area contributed by atoms with E-state index in [1.165, 1.54) is 11.3 Å². The molecule has 0 radical (unpaired) electrons. The summed E-state index contributed by atoms with van der Waals surface area (Å²) in [5, 5.41) is 5.38. The highest BCUT2D eigenvalue weighted by Crippen LogP contribution is 2.28. The van der Waals surface area contributed by atoms with E-state index in [2.05, 4.69) is 26.2 Å². The molecule has 94 valence electrons.